The van der Waals surface area contributed by atoms with Gasteiger partial charge in [0.1, 0.15) is 5.82 Å². The van der Waals surface area contributed by atoms with Crippen molar-refractivity contribution in [3.63, 3.8) is 0 Å². The molecule has 0 radical (unpaired) electrons. The molecule has 0 fully saturated rings. The highest BCUT2D eigenvalue weighted by Gasteiger charge is 2.18. The van der Waals surface area contributed by atoms with Crippen molar-refractivity contribution in [1.29, 1.82) is 0 Å². The van der Waals surface area contributed by atoms with Crippen molar-refractivity contribution in [2.75, 3.05) is 32.2 Å². The maximum atomic E-state index is 5.81. The number of fused-ring (bicyclic) bond motifs is 1. The second-order valence-electron chi connectivity index (χ2n) is 6.46. The quantitative estimate of drug-likeness (QED) is 0.481. The number of rotatable bonds is 7. The van der Waals surface area contributed by atoms with E-state index in [1.165, 1.54) is 0 Å². The summed E-state index contributed by atoms with van der Waals surface area (Å²) in [5.74, 6) is 2.08. The van der Waals surface area contributed by atoms with E-state index in [2.05, 4.69) is 28.9 Å². The van der Waals surface area contributed by atoms with Crippen LogP contribution in [0.3, 0.4) is 0 Å². The molecule has 3 rings (SSSR count). The van der Waals surface area contributed by atoms with Crippen LogP contribution >= 0.6 is 12.2 Å². The number of benzene rings is 2. The van der Waals surface area contributed by atoms with Gasteiger partial charge in [0.05, 0.1) is 29.1 Å². The largest absolute Gasteiger partial charge is 0.490 e. The molecule has 0 atom stereocenters. The van der Waals surface area contributed by atoms with Gasteiger partial charge in [0.2, 0.25) is 0 Å². The summed E-state index contributed by atoms with van der Waals surface area (Å²) in [6.07, 6.45) is 0. The number of aryl methyl sites for hydroxylation is 1. The van der Waals surface area contributed by atoms with Gasteiger partial charge in [-0.3, -0.25) is 0 Å². The lowest BCUT2D eigenvalue weighted by molar-refractivity contribution is 0.288. The minimum atomic E-state index is 0.566. The first-order valence-corrected chi connectivity index (χ1v) is 9.48. The standard InChI is InChI=1S/C21H25N3O2S/c1-6-25-17-11-14-15(12-18(17)26-7-2)23-21(22-14)20(27)19-13(3)9-8-10-16(19)24(4)5/h8-12H,6-7H2,1-5H3,(H,22,23). The Balaban J connectivity index is 2.09. The number of thiocarbonyl (C=S) groups is 1. The number of anilines is 1. The Bertz CT molecular complexity index is 936. The Morgan fingerprint density at radius 1 is 1.11 bits per heavy atom. The van der Waals surface area contributed by atoms with Crippen LogP contribution in [0.15, 0.2) is 30.3 Å². The Kier molecular flexibility index (Phi) is 5.65. The van der Waals surface area contributed by atoms with Crippen molar-refractivity contribution in [2.45, 2.75) is 20.8 Å². The molecule has 27 heavy (non-hydrogen) atoms. The summed E-state index contributed by atoms with van der Waals surface area (Å²) < 4.78 is 11.4. The molecule has 2 aromatic carbocycles. The van der Waals surface area contributed by atoms with E-state index in [4.69, 9.17) is 26.7 Å². The number of hydrogen-bond acceptors (Lipinski definition) is 5. The predicted octanol–water partition coefficient (Wildman–Crippen LogP) is 4.50. The Hall–Kier alpha value is -2.60. The third-order valence-electron chi connectivity index (χ3n) is 4.32. The lowest BCUT2D eigenvalue weighted by Gasteiger charge is -2.19. The highest BCUT2D eigenvalue weighted by Crippen LogP contribution is 2.33. The van der Waals surface area contributed by atoms with Crippen LogP contribution in [0, 0.1) is 6.92 Å². The molecule has 5 nitrogen and oxygen atoms in total. The summed E-state index contributed by atoms with van der Waals surface area (Å²) in [6, 6.07) is 10.00. The van der Waals surface area contributed by atoms with E-state index >= 15 is 0 Å². The average Bonchev–Trinajstić information content (AvgIpc) is 3.04. The van der Waals surface area contributed by atoms with Crippen molar-refractivity contribution in [3.8, 4) is 11.5 Å². The fourth-order valence-electron chi connectivity index (χ4n) is 3.10. The number of nitrogens with zero attached hydrogens (tertiary/aromatic N) is 2. The zero-order valence-corrected chi connectivity index (χ0v) is 17.2. The van der Waals surface area contributed by atoms with Crippen LogP contribution in [0.2, 0.25) is 0 Å². The monoisotopic (exact) mass is 383 g/mol. The van der Waals surface area contributed by atoms with E-state index < -0.39 is 0 Å². The van der Waals surface area contributed by atoms with E-state index in [1.54, 1.807) is 0 Å². The Morgan fingerprint density at radius 3 is 2.41 bits per heavy atom. The minimum absolute atomic E-state index is 0.566. The fourth-order valence-corrected chi connectivity index (χ4v) is 3.46. The molecule has 1 heterocycles. The molecule has 1 aromatic heterocycles. The van der Waals surface area contributed by atoms with Crippen LogP contribution in [0.5, 0.6) is 11.5 Å². The summed E-state index contributed by atoms with van der Waals surface area (Å²) in [5, 5.41) is 0. The molecule has 3 aromatic rings. The molecule has 6 heteroatoms. The SMILES string of the molecule is CCOc1cc2nc(C(=S)c3c(C)cccc3N(C)C)[nH]c2cc1OCC. The van der Waals surface area contributed by atoms with Crippen molar-refractivity contribution >= 4 is 33.8 Å². The molecule has 0 saturated heterocycles. The first-order valence-electron chi connectivity index (χ1n) is 9.07. The number of ether oxygens (including phenoxy) is 2. The lowest BCUT2D eigenvalue weighted by Crippen LogP contribution is -2.15. The van der Waals surface area contributed by atoms with Gasteiger partial charge in [-0.25, -0.2) is 4.98 Å². The third kappa shape index (κ3) is 3.76. The zero-order valence-electron chi connectivity index (χ0n) is 16.4. The second kappa shape index (κ2) is 7.96. The minimum Gasteiger partial charge on any atom is -0.490 e. The van der Waals surface area contributed by atoms with E-state index in [1.807, 2.05) is 46.1 Å². The van der Waals surface area contributed by atoms with Gasteiger partial charge in [0.15, 0.2) is 11.5 Å². The van der Waals surface area contributed by atoms with Crippen molar-refractivity contribution < 1.29 is 9.47 Å². The third-order valence-corrected chi connectivity index (χ3v) is 4.72. The van der Waals surface area contributed by atoms with Crippen LogP contribution in [0.25, 0.3) is 11.0 Å². The molecule has 0 bridgehead atoms. The number of aromatic amines is 1. The number of nitrogens with one attached hydrogen (secondary N) is 1. The summed E-state index contributed by atoms with van der Waals surface area (Å²) in [4.78, 5) is 10.8. The summed E-state index contributed by atoms with van der Waals surface area (Å²) in [6.45, 7) is 7.11. The van der Waals surface area contributed by atoms with Crippen molar-refractivity contribution in [3.05, 3.63) is 47.3 Å². The van der Waals surface area contributed by atoms with E-state index in [0.29, 0.717) is 35.4 Å². The first-order chi connectivity index (χ1) is 13.0. The van der Waals surface area contributed by atoms with Crippen LogP contribution in [0.4, 0.5) is 5.69 Å². The molecule has 0 saturated carbocycles. The van der Waals surface area contributed by atoms with Gasteiger partial charge in [-0.1, -0.05) is 24.4 Å². The number of aromatic nitrogens is 2. The van der Waals surface area contributed by atoms with Crippen LogP contribution in [-0.2, 0) is 0 Å². The van der Waals surface area contributed by atoms with Gasteiger partial charge < -0.3 is 19.4 Å². The molecule has 0 unspecified atom stereocenters. The maximum absolute atomic E-state index is 5.81. The molecule has 1 N–H and O–H groups in total. The maximum Gasteiger partial charge on any atom is 0.163 e. The van der Waals surface area contributed by atoms with Gasteiger partial charge in [-0.15, -0.1) is 0 Å². The van der Waals surface area contributed by atoms with Gasteiger partial charge in [0, 0.05) is 37.5 Å². The van der Waals surface area contributed by atoms with E-state index in [9.17, 15) is 0 Å². The van der Waals surface area contributed by atoms with Gasteiger partial charge in [-0.05, 0) is 32.4 Å². The molecule has 142 valence electrons. The first kappa shape index (κ1) is 19.2. The zero-order chi connectivity index (χ0) is 19.6. The van der Waals surface area contributed by atoms with Gasteiger partial charge in [0.25, 0.3) is 0 Å². The Morgan fingerprint density at radius 2 is 1.78 bits per heavy atom. The van der Waals surface area contributed by atoms with Crippen LogP contribution < -0.4 is 14.4 Å². The highest BCUT2D eigenvalue weighted by atomic mass is 32.1. The molecule has 0 amide bonds. The molecule has 0 aliphatic carbocycles. The number of hydrogen-bond donors (Lipinski definition) is 1. The fraction of sp³-hybridized carbons (Fsp3) is 0.333. The second-order valence-corrected chi connectivity index (χ2v) is 6.87. The lowest BCUT2D eigenvalue weighted by atomic mass is 10.0. The molecule has 0 spiro atoms. The van der Waals surface area contributed by atoms with Gasteiger partial charge >= 0.3 is 0 Å². The topological polar surface area (TPSA) is 50.4 Å². The van der Waals surface area contributed by atoms with Crippen molar-refractivity contribution in [1.82, 2.24) is 9.97 Å². The normalized spacial score (nSPS) is 10.9. The predicted molar refractivity (Wildman–Crippen MR) is 115 cm³/mol. The number of H-pyrrole nitrogens is 1. The van der Waals surface area contributed by atoms with E-state index in [-0.39, 0.29) is 0 Å². The van der Waals surface area contributed by atoms with Crippen molar-refractivity contribution in [2.24, 2.45) is 0 Å². The smallest absolute Gasteiger partial charge is 0.163 e. The molecular weight excluding hydrogens is 358 g/mol. The highest BCUT2D eigenvalue weighted by molar-refractivity contribution is 7.81. The molecular formula is C21H25N3O2S. The van der Waals surface area contributed by atoms with Crippen LogP contribution in [0.1, 0.15) is 30.8 Å². The van der Waals surface area contributed by atoms with E-state index in [0.717, 1.165) is 27.8 Å². The summed E-state index contributed by atoms with van der Waals surface area (Å²) >= 11 is 5.81. The van der Waals surface area contributed by atoms with Crippen LogP contribution in [-0.4, -0.2) is 42.1 Å². The summed E-state index contributed by atoms with van der Waals surface area (Å²) in [5.41, 5.74) is 4.90. The Labute approximate surface area is 165 Å². The average molecular weight is 384 g/mol. The number of imidazole rings is 1. The van der Waals surface area contributed by atoms with Gasteiger partial charge in [-0.2, -0.15) is 0 Å². The molecule has 0 aliphatic heterocycles. The summed E-state index contributed by atoms with van der Waals surface area (Å²) in [7, 11) is 4.03. The molecule has 0 aliphatic rings.